The van der Waals surface area contributed by atoms with Crippen LogP contribution in [0.1, 0.15) is 11.3 Å². The van der Waals surface area contributed by atoms with Crippen LogP contribution < -0.4 is 14.5 Å². The van der Waals surface area contributed by atoms with Gasteiger partial charge in [0.2, 0.25) is 0 Å². The number of piperazine rings is 1. The van der Waals surface area contributed by atoms with Crippen molar-refractivity contribution in [2.45, 2.75) is 19.1 Å². The van der Waals surface area contributed by atoms with Gasteiger partial charge < -0.3 is 34.0 Å². The van der Waals surface area contributed by atoms with Gasteiger partial charge in [-0.05, 0) is 24.9 Å². The maximum absolute atomic E-state index is 10.5. The fourth-order valence-electron chi connectivity index (χ4n) is 5.95. The average Bonchev–Trinajstić information content (AvgIpc) is 2.99. The van der Waals surface area contributed by atoms with E-state index in [1.807, 2.05) is 30.3 Å². The summed E-state index contributed by atoms with van der Waals surface area (Å²) in [4.78, 5) is 19.2. The number of phenols is 1. The number of morpholine rings is 1. The van der Waals surface area contributed by atoms with E-state index in [-0.39, 0.29) is 11.9 Å². The number of benzene rings is 2. The van der Waals surface area contributed by atoms with Gasteiger partial charge >= 0.3 is 6.01 Å². The van der Waals surface area contributed by atoms with Crippen molar-refractivity contribution in [3.63, 3.8) is 0 Å². The van der Waals surface area contributed by atoms with Crippen molar-refractivity contribution >= 4 is 22.3 Å². The standard InChI is InChI=1S/C31H40N6O4/c1-3-15-39-22-35-10-12-36(13-11-35)30-27-8-9-37(29-18-24(38)17-23-6-4-5-7-26(23)29)20-28(27)32-31(33-30)41-21-25-19-34(2)14-16-40-25/h3-7,17-18,25,38H,1,8-16,19-22H2,2H3. The van der Waals surface area contributed by atoms with Gasteiger partial charge in [-0.2, -0.15) is 9.97 Å². The first-order chi connectivity index (χ1) is 20.1. The summed E-state index contributed by atoms with van der Waals surface area (Å²) in [6.07, 6.45) is 2.59. The second-order valence-electron chi connectivity index (χ2n) is 11.1. The van der Waals surface area contributed by atoms with E-state index in [0.717, 1.165) is 80.2 Å². The minimum Gasteiger partial charge on any atom is -0.508 e. The first kappa shape index (κ1) is 27.7. The van der Waals surface area contributed by atoms with E-state index >= 15 is 0 Å². The number of aromatic hydroxyl groups is 1. The first-order valence-corrected chi connectivity index (χ1v) is 14.5. The Balaban J connectivity index is 1.26. The van der Waals surface area contributed by atoms with Gasteiger partial charge in [0.15, 0.2) is 0 Å². The Kier molecular flexibility index (Phi) is 8.52. The highest BCUT2D eigenvalue weighted by Gasteiger charge is 2.29. The molecule has 10 nitrogen and oxygen atoms in total. The number of hydrogen-bond donors (Lipinski definition) is 1. The molecule has 3 aromatic rings. The van der Waals surface area contributed by atoms with Gasteiger partial charge in [0.25, 0.3) is 0 Å². The number of anilines is 2. The average molecular weight is 561 g/mol. The molecule has 2 aromatic carbocycles. The quantitative estimate of drug-likeness (QED) is 0.311. The predicted molar refractivity (Wildman–Crippen MR) is 160 cm³/mol. The third kappa shape index (κ3) is 6.41. The molecule has 1 atom stereocenters. The highest BCUT2D eigenvalue weighted by atomic mass is 16.5. The molecule has 1 N–H and O–H groups in total. The fraction of sp³-hybridized carbons (Fsp3) is 0.484. The van der Waals surface area contributed by atoms with Gasteiger partial charge in [-0.25, -0.2) is 0 Å². The molecule has 2 saturated heterocycles. The lowest BCUT2D eigenvalue weighted by atomic mass is 10.0. The summed E-state index contributed by atoms with van der Waals surface area (Å²) in [5.74, 6) is 1.24. The van der Waals surface area contributed by atoms with Crippen molar-refractivity contribution in [3.05, 3.63) is 60.3 Å². The molecule has 41 heavy (non-hydrogen) atoms. The van der Waals surface area contributed by atoms with Crippen LogP contribution in [0.2, 0.25) is 0 Å². The molecular formula is C31H40N6O4. The van der Waals surface area contributed by atoms with Gasteiger partial charge in [-0.3, -0.25) is 4.90 Å². The van der Waals surface area contributed by atoms with E-state index in [4.69, 9.17) is 24.2 Å². The fourth-order valence-corrected chi connectivity index (χ4v) is 5.95. The number of aromatic nitrogens is 2. The van der Waals surface area contributed by atoms with Crippen LogP contribution in [0.25, 0.3) is 10.8 Å². The zero-order chi connectivity index (χ0) is 28.2. The molecule has 4 heterocycles. The number of rotatable bonds is 9. The van der Waals surface area contributed by atoms with Gasteiger partial charge in [0.1, 0.15) is 24.3 Å². The van der Waals surface area contributed by atoms with Crippen LogP contribution in [0, 0.1) is 0 Å². The predicted octanol–water partition coefficient (Wildman–Crippen LogP) is 2.89. The molecule has 1 aromatic heterocycles. The van der Waals surface area contributed by atoms with E-state index in [2.05, 4.69) is 39.3 Å². The summed E-state index contributed by atoms with van der Waals surface area (Å²) in [5.41, 5.74) is 3.17. The number of ether oxygens (including phenoxy) is 3. The summed E-state index contributed by atoms with van der Waals surface area (Å²) >= 11 is 0. The number of likely N-dealkylation sites (N-methyl/N-ethyl adjacent to an activating group) is 1. The Labute approximate surface area is 241 Å². The zero-order valence-electron chi connectivity index (χ0n) is 23.9. The van der Waals surface area contributed by atoms with Crippen LogP contribution in [-0.2, 0) is 22.4 Å². The van der Waals surface area contributed by atoms with Crippen LogP contribution in [0.4, 0.5) is 11.5 Å². The lowest BCUT2D eigenvalue weighted by Gasteiger charge is -2.38. The Hall–Kier alpha value is -3.44. The van der Waals surface area contributed by atoms with Gasteiger partial charge in [0.05, 0.1) is 32.2 Å². The molecule has 0 radical (unpaired) electrons. The van der Waals surface area contributed by atoms with Crippen LogP contribution in [0.3, 0.4) is 0 Å². The Morgan fingerprint density at radius 3 is 2.76 bits per heavy atom. The summed E-state index contributed by atoms with van der Waals surface area (Å²) in [6.45, 7) is 12.7. The largest absolute Gasteiger partial charge is 0.508 e. The Morgan fingerprint density at radius 1 is 1.07 bits per heavy atom. The maximum atomic E-state index is 10.5. The van der Waals surface area contributed by atoms with Crippen LogP contribution in [0.15, 0.2) is 49.1 Å². The molecule has 0 saturated carbocycles. The van der Waals surface area contributed by atoms with Crippen molar-refractivity contribution < 1.29 is 19.3 Å². The lowest BCUT2D eigenvalue weighted by molar-refractivity contribution is -0.0417. The molecule has 1 unspecified atom stereocenters. The molecule has 0 amide bonds. The van der Waals surface area contributed by atoms with Crippen molar-refractivity contribution in [2.24, 2.45) is 0 Å². The highest BCUT2D eigenvalue weighted by Crippen LogP contribution is 2.36. The number of hydrogen-bond acceptors (Lipinski definition) is 10. The highest BCUT2D eigenvalue weighted by molar-refractivity contribution is 5.95. The third-order valence-corrected chi connectivity index (χ3v) is 8.11. The minimum atomic E-state index is -0.00824. The lowest BCUT2D eigenvalue weighted by Crippen LogP contribution is -2.48. The molecule has 6 rings (SSSR count). The SMILES string of the molecule is C=CCOCN1CCN(c2nc(OCC3CN(C)CCO3)nc3c2CCN(c2cc(O)cc4ccccc24)C3)CC1. The Morgan fingerprint density at radius 2 is 1.93 bits per heavy atom. The molecule has 3 aliphatic heterocycles. The van der Waals surface area contributed by atoms with E-state index in [0.29, 0.717) is 39.1 Å². The van der Waals surface area contributed by atoms with Gasteiger partial charge in [-0.1, -0.05) is 30.3 Å². The molecular weight excluding hydrogens is 520 g/mol. The van der Waals surface area contributed by atoms with Crippen molar-refractivity contribution in [1.82, 2.24) is 19.8 Å². The first-order valence-electron chi connectivity index (χ1n) is 14.5. The summed E-state index contributed by atoms with van der Waals surface area (Å²) < 4.78 is 17.8. The summed E-state index contributed by atoms with van der Waals surface area (Å²) in [6, 6.07) is 12.3. The number of phenolic OH excluding ortho intramolecular Hbond substituents is 1. The monoisotopic (exact) mass is 560 g/mol. The normalized spacial score (nSPS) is 20.3. The molecule has 0 spiro atoms. The molecule has 0 aliphatic carbocycles. The maximum Gasteiger partial charge on any atom is 0.318 e. The smallest absolute Gasteiger partial charge is 0.318 e. The van der Waals surface area contributed by atoms with Gasteiger partial charge in [-0.15, -0.1) is 6.58 Å². The van der Waals surface area contributed by atoms with Crippen molar-refractivity contribution in [2.75, 3.05) is 89.2 Å². The number of nitrogens with zero attached hydrogens (tertiary/aromatic N) is 6. The van der Waals surface area contributed by atoms with Crippen molar-refractivity contribution in [3.8, 4) is 11.8 Å². The second-order valence-corrected chi connectivity index (χ2v) is 11.1. The molecule has 0 bridgehead atoms. The molecule has 3 aliphatic rings. The van der Waals surface area contributed by atoms with Crippen LogP contribution in [0.5, 0.6) is 11.8 Å². The topological polar surface area (TPSA) is 86.7 Å². The number of fused-ring (bicyclic) bond motifs is 2. The molecule has 2 fully saturated rings. The molecule has 10 heteroatoms. The Bertz CT molecular complexity index is 1360. The third-order valence-electron chi connectivity index (χ3n) is 8.11. The zero-order valence-corrected chi connectivity index (χ0v) is 23.9. The van der Waals surface area contributed by atoms with Gasteiger partial charge in [0, 0.05) is 68.5 Å². The van der Waals surface area contributed by atoms with Crippen molar-refractivity contribution in [1.29, 1.82) is 0 Å². The van der Waals surface area contributed by atoms with E-state index in [1.165, 1.54) is 5.56 Å². The molecule has 218 valence electrons. The van der Waals surface area contributed by atoms with Crippen LogP contribution in [-0.4, -0.2) is 110 Å². The van der Waals surface area contributed by atoms with E-state index in [9.17, 15) is 5.11 Å². The minimum absolute atomic E-state index is 0.00824. The van der Waals surface area contributed by atoms with Crippen LogP contribution >= 0.6 is 0 Å². The summed E-state index contributed by atoms with van der Waals surface area (Å²) in [5, 5.41) is 12.6. The van der Waals surface area contributed by atoms with E-state index in [1.54, 1.807) is 6.08 Å². The second kappa shape index (κ2) is 12.6. The summed E-state index contributed by atoms with van der Waals surface area (Å²) in [7, 11) is 2.10. The van der Waals surface area contributed by atoms with E-state index < -0.39 is 0 Å².